The van der Waals surface area contributed by atoms with Crippen LogP contribution in [0.3, 0.4) is 0 Å². The molecule has 59 heavy (non-hydrogen) atoms. The average Bonchev–Trinajstić information content (AvgIpc) is 3.24. The number of esters is 1. The molecule has 0 saturated carbocycles. The van der Waals surface area contributed by atoms with Gasteiger partial charge in [0, 0.05) is 12.8 Å². The summed E-state index contributed by atoms with van der Waals surface area (Å²) in [6.45, 7) is 4.83. The van der Waals surface area contributed by atoms with E-state index in [9.17, 15) is 19.8 Å². The molecule has 0 aromatic rings. The maximum atomic E-state index is 12.4. The SMILES string of the molecule is CCCC/C=C\C/C=C\CCCCCCCC(=O)OCCCCCCCCCCCCCCCCC(=O)NC(CO)C(O)/C=C/CCCCCCCCCCCCCC. The van der Waals surface area contributed by atoms with Gasteiger partial charge < -0.3 is 20.3 Å². The molecule has 0 fully saturated rings. The summed E-state index contributed by atoms with van der Waals surface area (Å²) < 4.78 is 5.45. The fourth-order valence-corrected chi connectivity index (χ4v) is 7.65. The number of hydrogen-bond acceptors (Lipinski definition) is 5. The Bertz CT molecular complexity index is 962. The van der Waals surface area contributed by atoms with E-state index in [-0.39, 0.29) is 18.5 Å². The van der Waals surface area contributed by atoms with E-state index >= 15 is 0 Å². The summed E-state index contributed by atoms with van der Waals surface area (Å²) in [5, 5.41) is 23.0. The number of allylic oxidation sites excluding steroid dienone is 5. The Balaban J connectivity index is 3.49. The number of carbonyl (C=O) groups is 2. The van der Waals surface area contributed by atoms with Gasteiger partial charge in [0.15, 0.2) is 0 Å². The van der Waals surface area contributed by atoms with Crippen molar-refractivity contribution in [3.63, 3.8) is 0 Å². The Kier molecular flexibility index (Phi) is 47.2. The van der Waals surface area contributed by atoms with Gasteiger partial charge in [0.2, 0.25) is 5.91 Å². The summed E-state index contributed by atoms with van der Waals surface area (Å²) >= 11 is 0. The molecule has 346 valence electrons. The number of ether oxygens (including phenoxy) is 1. The third-order valence-corrected chi connectivity index (χ3v) is 11.7. The van der Waals surface area contributed by atoms with Crippen LogP contribution >= 0.6 is 0 Å². The summed E-state index contributed by atoms with van der Waals surface area (Å²) in [4.78, 5) is 24.4. The lowest BCUT2D eigenvalue weighted by molar-refractivity contribution is -0.143. The molecule has 1 amide bonds. The number of carbonyl (C=O) groups excluding carboxylic acids is 2. The number of unbranched alkanes of at least 4 members (excludes halogenated alkanes) is 32. The smallest absolute Gasteiger partial charge is 0.305 e. The molecule has 0 aromatic heterocycles. The van der Waals surface area contributed by atoms with Crippen LogP contribution in [-0.2, 0) is 14.3 Å². The van der Waals surface area contributed by atoms with E-state index in [2.05, 4.69) is 43.5 Å². The highest BCUT2D eigenvalue weighted by Crippen LogP contribution is 2.15. The Morgan fingerprint density at radius 1 is 0.475 bits per heavy atom. The summed E-state index contributed by atoms with van der Waals surface area (Å²) in [7, 11) is 0. The summed E-state index contributed by atoms with van der Waals surface area (Å²) in [6.07, 6.45) is 58.5. The highest BCUT2D eigenvalue weighted by Gasteiger charge is 2.18. The first-order valence-corrected chi connectivity index (χ1v) is 25.8. The molecular weight excluding hydrogens is 731 g/mol. The molecular formula is C53H99NO5. The van der Waals surface area contributed by atoms with Crippen LogP contribution in [0.2, 0.25) is 0 Å². The lowest BCUT2D eigenvalue weighted by Gasteiger charge is -2.20. The molecule has 2 atom stereocenters. The monoisotopic (exact) mass is 830 g/mol. The van der Waals surface area contributed by atoms with Crippen LogP contribution in [0.1, 0.15) is 264 Å². The highest BCUT2D eigenvalue weighted by molar-refractivity contribution is 5.76. The van der Waals surface area contributed by atoms with Crippen molar-refractivity contribution in [1.29, 1.82) is 0 Å². The van der Waals surface area contributed by atoms with E-state index in [1.165, 1.54) is 173 Å². The van der Waals surface area contributed by atoms with Crippen LogP contribution < -0.4 is 5.32 Å². The van der Waals surface area contributed by atoms with E-state index in [0.29, 0.717) is 19.4 Å². The molecule has 3 N–H and O–H groups in total. The van der Waals surface area contributed by atoms with Crippen molar-refractivity contribution < 1.29 is 24.5 Å². The first-order chi connectivity index (χ1) is 29.0. The minimum atomic E-state index is -0.851. The molecule has 0 radical (unpaired) electrons. The van der Waals surface area contributed by atoms with E-state index < -0.39 is 12.1 Å². The van der Waals surface area contributed by atoms with E-state index in [1.54, 1.807) is 6.08 Å². The average molecular weight is 830 g/mol. The largest absolute Gasteiger partial charge is 0.466 e. The standard InChI is InChI=1S/C53H99NO5/c1-3-5-7-9-11-13-15-17-21-25-29-33-37-41-45-51(56)50(49-55)54-52(57)46-42-38-34-30-26-22-19-20-24-28-32-36-40-44-48-59-53(58)47-43-39-35-31-27-23-18-16-14-12-10-8-6-4-2/h10,12,16,18,41,45,50-51,55-56H,3-9,11,13-15,17,19-40,42-44,46-49H2,1-2H3,(H,54,57)/b12-10-,18-16-,45-41+. The summed E-state index contributed by atoms with van der Waals surface area (Å²) in [5.74, 6) is -0.0984. The predicted molar refractivity (Wildman–Crippen MR) is 255 cm³/mol. The molecule has 0 aliphatic carbocycles. The first-order valence-electron chi connectivity index (χ1n) is 25.8. The molecule has 0 rings (SSSR count). The molecule has 0 aliphatic heterocycles. The van der Waals surface area contributed by atoms with E-state index in [4.69, 9.17) is 4.74 Å². The van der Waals surface area contributed by atoms with Crippen molar-refractivity contribution in [3.8, 4) is 0 Å². The van der Waals surface area contributed by atoms with Gasteiger partial charge in [-0.05, 0) is 57.8 Å². The maximum Gasteiger partial charge on any atom is 0.305 e. The number of nitrogens with one attached hydrogen (secondary N) is 1. The van der Waals surface area contributed by atoms with Gasteiger partial charge in [-0.1, -0.05) is 230 Å². The molecule has 0 spiro atoms. The Labute approximate surface area is 366 Å². The Hall–Kier alpha value is -1.92. The minimum absolute atomic E-state index is 0.0186. The second-order valence-electron chi connectivity index (χ2n) is 17.5. The third-order valence-electron chi connectivity index (χ3n) is 11.7. The number of hydrogen-bond donors (Lipinski definition) is 3. The van der Waals surface area contributed by atoms with Gasteiger partial charge >= 0.3 is 5.97 Å². The number of aliphatic hydroxyl groups is 2. The molecule has 2 unspecified atom stereocenters. The molecule has 6 nitrogen and oxygen atoms in total. The van der Waals surface area contributed by atoms with Crippen molar-refractivity contribution in [1.82, 2.24) is 5.32 Å². The quantitative estimate of drug-likeness (QED) is 0.0323. The maximum absolute atomic E-state index is 12.4. The van der Waals surface area contributed by atoms with Crippen LogP contribution in [-0.4, -0.2) is 47.4 Å². The van der Waals surface area contributed by atoms with Crippen LogP contribution in [0.25, 0.3) is 0 Å². The van der Waals surface area contributed by atoms with Crippen molar-refractivity contribution in [2.24, 2.45) is 0 Å². The Morgan fingerprint density at radius 3 is 1.34 bits per heavy atom. The minimum Gasteiger partial charge on any atom is -0.466 e. The van der Waals surface area contributed by atoms with Crippen LogP contribution in [0.4, 0.5) is 0 Å². The number of amides is 1. The topological polar surface area (TPSA) is 95.9 Å². The lowest BCUT2D eigenvalue weighted by atomic mass is 10.0. The van der Waals surface area contributed by atoms with Crippen molar-refractivity contribution in [2.75, 3.05) is 13.2 Å². The van der Waals surface area contributed by atoms with E-state index in [1.807, 2.05) is 6.08 Å². The summed E-state index contributed by atoms with van der Waals surface area (Å²) in [5.41, 5.74) is 0. The van der Waals surface area contributed by atoms with Gasteiger partial charge in [-0.3, -0.25) is 9.59 Å². The van der Waals surface area contributed by atoms with E-state index in [0.717, 1.165) is 64.2 Å². The van der Waals surface area contributed by atoms with Gasteiger partial charge in [-0.25, -0.2) is 0 Å². The zero-order chi connectivity index (χ0) is 43.0. The zero-order valence-corrected chi connectivity index (χ0v) is 39.2. The van der Waals surface area contributed by atoms with Crippen molar-refractivity contribution >= 4 is 11.9 Å². The molecule has 6 heteroatoms. The van der Waals surface area contributed by atoms with Gasteiger partial charge in [0.25, 0.3) is 0 Å². The van der Waals surface area contributed by atoms with Crippen LogP contribution in [0.5, 0.6) is 0 Å². The Morgan fingerprint density at radius 2 is 0.864 bits per heavy atom. The van der Waals surface area contributed by atoms with Crippen LogP contribution in [0, 0.1) is 0 Å². The van der Waals surface area contributed by atoms with Crippen molar-refractivity contribution in [2.45, 2.75) is 276 Å². The molecule has 0 heterocycles. The second-order valence-corrected chi connectivity index (χ2v) is 17.5. The third kappa shape index (κ3) is 45.4. The van der Waals surface area contributed by atoms with Gasteiger partial charge in [0.05, 0.1) is 25.4 Å². The summed E-state index contributed by atoms with van der Waals surface area (Å²) in [6, 6.07) is -0.636. The highest BCUT2D eigenvalue weighted by atomic mass is 16.5. The van der Waals surface area contributed by atoms with Crippen LogP contribution in [0.15, 0.2) is 36.5 Å². The fraction of sp³-hybridized carbons (Fsp3) is 0.849. The number of rotatable bonds is 47. The first kappa shape index (κ1) is 57.1. The molecule has 0 aromatic carbocycles. The molecule has 0 bridgehead atoms. The molecule has 0 saturated heterocycles. The van der Waals surface area contributed by atoms with Crippen molar-refractivity contribution in [3.05, 3.63) is 36.5 Å². The molecule has 0 aliphatic rings. The predicted octanol–water partition coefficient (Wildman–Crippen LogP) is 15.3. The lowest BCUT2D eigenvalue weighted by Crippen LogP contribution is -2.45. The zero-order valence-electron chi connectivity index (χ0n) is 39.2. The number of aliphatic hydroxyl groups excluding tert-OH is 2. The van der Waals surface area contributed by atoms with Gasteiger partial charge in [0.1, 0.15) is 0 Å². The normalized spacial score (nSPS) is 12.9. The van der Waals surface area contributed by atoms with Gasteiger partial charge in [-0.15, -0.1) is 0 Å². The van der Waals surface area contributed by atoms with Gasteiger partial charge in [-0.2, -0.15) is 0 Å². The second kappa shape index (κ2) is 48.7. The fourth-order valence-electron chi connectivity index (χ4n) is 7.65.